The highest BCUT2D eigenvalue weighted by Crippen LogP contribution is 2.32. The van der Waals surface area contributed by atoms with Crippen molar-refractivity contribution in [2.75, 3.05) is 5.73 Å². The molecule has 1 aromatic heterocycles. The number of nitrogens with zero attached hydrogens (tertiary/aromatic N) is 2. The molecule has 1 rings (SSSR count). The second kappa shape index (κ2) is 4.17. The summed E-state index contributed by atoms with van der Waals surface area (Å²) < 4.78 is 39.7. The Morgan fingerprint density at radius 1 is 1.53 bits per heavy atom. The summed E-state index contributed by atoms with van der Waals surface area (Å²) in [4.78, 5) is 14.2. The van der Waals surface area contributed by atoms with Crippen LogP contribution in [0.2, 0.25) is 0 Å². The average Bonchev–Trinajstić information content (AvgIpc) is 2.18. The first kappa shape index (κ1) is 12.6. The monoisotopic (exact) mass is 246 g/mol. The molecule has 1 amide bonds. The van der Waals surface area contributed by atoms with Crippen molar-refractivity contribution < 1.29 is 22.7 Å². The van der Waals surface area contributed by atoms with Crippen LogP contribution in [0, 0.1) is 11.3 Å². The van der Waals surface area contributed by atoms with E-state index in [-0.39, 0.29) is 0 Å². The summed E-state index contributed by atoms with van der Waals surface area (Å²) in [5.41, 5.74) is 8.19. The highest BCUT2D eigenvalue weighted by Gasteiger charge is 2.34. The van der Waals surface area contributed by atoms with Crippen LogP contribution >= 0.6 is 0 Å². The van der Waals surface area contributed by atoms with Gasteiger partial charge >= 0.3 is 6.36 Å². The summed E-state index contributed by atoms with van der Waals surface area (Å²) in [6, 6.07) is 1.41. The summed E-state index contributed by atoms with van der Waals surface area (Å²) in [6.45, 7) is 0. The third kappa shape index (κ3) is 2.75. The van der Waals surface area contributed by atoms with Gasteiger partial charge in [0.2, 0.25) is 0 Å². The number of pyridine rings is 1. The average molecular weight is 246 g/mol. The minimum atomic E-state index is -5.05. The molecule has 1 heterocycles. The third-order valence-corrected chi connectivity index (χ3v) is 1.64. The summed E-state index contributed by atoms with van der Waals surface area (Å²) in [5.74, 6) is -2.11. The van der Waals surface area contributed by atoms with Crippen LogP contribution in [0.15, 0.2) is 6.20 Å². The number of hydrogen-bond acceptors (Lipinski definition) is 5. The summed E-state index contributed by atoms with van der Waals surface area (Å²) in [6.07, 6.45) is -4.33. The largest absolute Gasteiger partial charge is 0.573 e. The summed E-state index contributed by atoms with van der Waals surface area (Å²) in [7, 11) is 0. The molecule has 0 aliphatic rings. The van der Waals surface area contributed by atoms with Gasteiger partial charge in [-0.1, -0.05) is 0 Å². The molecule has 0 radical (unpaired) electrons. The molecule has 0 fully saturated rings. The van der Waals surface area contributed by atoms with E-state index in [1.807, 2.05) is 0 Å². The summed E-state index contributed by atoms with van der Waals surface area (Å²) >= 11 is 0. The van der Waals surface area contributed by atoms with E-state index in [9.17, 15) is 18.0 Å². The Labute approximate surface area is 92.6 Å². The molecule has 90 valence electrons. The number of nitrogen functional groups attached to an aromatic ring is 1. The lowest BCUT2D eigenvalue weighted by Gasteiger charge is -2.13. The standard InChI is InChI=1S/C8H5F3N4O2/c9-8(10,11)17-6-3(1-12)2-15-5(4(6)13)7(14)16/h2H,13H2,(H2,14,16). The Morgan fingerprint density at radius 3 is 2.53 bits per heavy atom. The van der Waals surface area contributed by atoms with Crippen LogP contribution < -0.4 is 16.2 Å². The smallest absolute Gasteiger partial charge is 0.402 e. The van der Waals surface area contributed by atoms with Gasteiger partial charge in [0.15, 0.2) is 11.4 Å². The zero-order valence-corrected chi connectivity index (χ0v) is 8.08. The van der Waals surface area contributed by atoms with E-state index in [2.05, 4.69) is 9.72 Å². The molecule has 9 heteroatoms. The quantitative estimate of drug-likeness (QED) is 0.789. The van der Waals surface area contributed by atoms with Crippen LogP contribution in [0.4, 0.5) is 18.9 Å². The molecule has 1 aromatic rings. The summed E-state index contributed by atoms with van der Waals surface area (Å²) in [5, 5.41) is 8.56. The molecular weight excluding hydrogens is 241 g/mol. The Hall–Kier alpha value is -2.50. The van der Waals surface area contributed by atoms with Gasteiger partial charge in [-0.15, -0.1) is 13.2 Å². The Morgan fingerprint density at radius 2 is 2.12 bits per heavy atom. The van der Waals surface area contributed by atoms with Crippen LogP contribution in [0.1, 0.15) is 16.1 Å². The van der Waals surface area contributed by atoms with Gasteiger partial charge in [0.05, 0.1) is 0 Å². The highest BCUT2D eigenvalue weighted by molar-refractivity contribution is 5.97. The lowest BCUT2D eigenvalue weighted by molar-refractivity contribution is -0.274. The lowest BCUT2D eigenvalue weighted by atomic mass is 10.2. The predicted octanol–water partition coefficient (Wildman–Crippen LogP) is 0.533. The number of amides is 1. The predicted molar refractivity (Wildman–Crippen MR) is 48.6 cm³/mol. The number of primary amides is 1. The van der Waals surface area contributed by atoms with E-state index in [4.69, 9.17) is 16.7 Å². The molecule has 6 nitrogen and oxygen atoms in total. The zero-order chi connectivity index (χ0) is 13.2. The van der Waals surface area contributed by atoms with Gasteiger partial charge in [-0.05, 0) is 0 Å². The molecule has 0 aromatic carbocycles. The molecule has 17 heavy (non-hydrogen) atoms. The second-order valence-corrected chi connectivity index (χ2v) is 2.79. The second-order valence-electron chi connectivity index (χ2n) is 2.79. The van der Waals surface area contributed by atoms with Gasteiger partial charge in [0.25, 0.3) is 5.91 Å². The van der Waals surface area contributed by atoms with Gasteiger partial charge < -0.3 is 16.2 Å². The molecule has 0 aliphatic heterocycles. The van der Waals surface area contributed by atoms with Crippen molar-refractivity contribution in [1.29, 1.82) is 5.26 Å². The maximum absolute atomic E-state index is 12.0. The number of rotatable bonds is 2. The minimum Gasteiger partial charge on any atom is -0.402 e. The number of anilines is 1. The number of nitrogens with two attached hydrogens (primary N) is 2. The van der Waals surface area contributed by atoms with Gasteiger partial charge in [0, 0.05) is 6.20 Å². The number of ether oxygens (including phenoxy) is 1. The molecular formula is C8H5F3N4O2. The van der Waals surface area contributed by atoms with Crippen molar-refractivity contribution >= 4 is 11.6 Å². The minimum absolute atomic E-state index is 0.551. The van der Waals surface area contributed by atoms with E-state index >= 15 is 0 Å². The van der Waals surface area contributed by atoms with Gasteiger partial charge in [-0.2, -0.15) is 5.26 Å². The molecule has 4 N–H and O–H groups in total. The number of nitriles is 1. The normalized spacial score (nSPS) is 10.7. The number of carbonyl (C=O) groups excluding carboxylic acids is 1. The third-order valence-electron chi connectivity index (χ3n) is 1.64. The number of carbonyl (C=O) groups is 1. The number of alkyl halides is 3. The number of halogens is 3. The van der Waals surface area contributed by atoms with E-state index in [0.717, 1.165) is 6.20 Å². The first-order valence-electron chi connectivity index (χ1n) is 4.00. The van der Waals surface area contributed by atoms with E-state index in [1.54, 1.807) is 0 Å². The van der Waals surface area contributed by atoms with Crippen molar-refractivity contribution in [2.24, 2.45) is 5.73 Å². The molecule has 0 spiro atoms. The lowest BCUT2D eigenvalue weighted by Crippen LogP contribution is -2.22. The maximum atomic E-state index is 12.0. The Bertz CT molecular complexity index is 507. The fourth-order valence-corrected chi connectivity index (χ4v) is 1.01. The van der Waals surface area contributed by atoms with Crippen molar-refractivity contribution in [3.05, 3.63) is 17.5 Å². The SMILES string of the molecule is N#Cc1cnc(C(N)=O)c(N)c1OC(F)(F)F. The van der Waals surface area contributed by atoms with Gasteiger partial charge in [0.1, 0.15) is 17.3 Å². The van der Waals surface area contributed by atoms with Gasteiger partial charge in [-0.25, -0.2) is 4.98 Å². The fraction of sp³-hybridized carbons (Fsp3) is 0.125. The van der Waals surface area contributed by atoms with E-state index in [0.29, 0.717) is 0 Å². The van der Waals surface area contributed by atoms with Crippen molar-refractivity contribution in [1.82, 2.24) is 4.98 Å². The molecule has 0 saturated carbocycles. The number of aromatic nitrogens is 1. The highest BCUT2D eigenvalue weighted by atomic mass is 19.4. The van der Waals surface area contributed by atoms with Crippen molar-refractivity contribution in [3.8, 4) is 11.8 Å². The zero-order valence-electron chi connectivity index (χ0n) is 8.08. The number of hydrogen-bond donors (Lipinski definition) is 2. The first-order valence-corrected chi connectivity index (χ1v) is 4.00. The first-order chi connectivity index (χ1) is 7.76. The topological polar surface area (TPSA) is 115 Å². The van der Waals surface area contributed by atoms with Crippen LogP contribution in [0.5, 0.6) is 5.75 Å². The van der Waals surface area contributed by atoms with Crippen LogP contribution in [-0.4, -0.2) is 17.3 Å². The molecule has 0 unspecified atom stereocenters. The molecule has 0 saturated heterocycles. The van der Waals surface area contributed by atoms with Crippen LogP contribution in [-0.2, 0) is 0 Å². The van der Waals surface area contributed by atoms with Crippen molar-refractivity contribution in [2.45, 2.75) is 6.36 Å². The maximum Gasteiger partial charge on any atom is 0.573 e. The van der Waals surface area contributed by atoms with Crippen LogP contribution in [0.3, 0.4) is 0 Å². The Kier molecular flexibility index (Phi) is 3.08. The molecule has 0 atom stereocenters. The van der Waals surface area contributed by atoms with Crippen molar-refractivity contribution in [3.63, 3.8) is 0 Å². The van der Waals surface area contributed by atoms with E-state index in [1.165, 1.54) is 6.07 Å². The van der Waals surface area contributed by atoms with E-state index < -0.39 is 35.0 Å². The molecule has 0 bridgehead atoms. The van der Waals surface area contributed by atoms with Gasteiger partial charge in [-0.3, -0.25) is 4.79 Å². The molecule has 0 aliphatic carbocycles. The van der Waals surface area contributed by atoms with Crippen LogP contribution in [0.25, 0.3) is 0 Å². The Balaban J connectivity index is 3.39. The fourth-order valence-electron chi connectivity index (χ4n) is 1.01.